The lowest BCUT2D eigenvalue weighted by Crippen LogP contribution is -2.33. The van der Waals surface area contributed by atoms with Crippen molar-refractivity contribution in [1.29, 1.82) is 0 Å². The van der Waals surface area contributed by atoms with E-state index in [-0.39, 0.29) is 23.4 Å². The lowest BCUT2D eigenvalue weighted by Gasteiger charge is -2.33. The van der Waals surface area contributed by atoms with Crippen LogP contribution in [-0.4, -0.2) is 12.6 Å². The molecule has 1 fully saturated rings. The molecule has 0 radical (unpaired) electrons. The molecule has 2 aromatic rings. The van der Waals surface area contributed by atoms with Gasteiger partial charge in [-0.15, -0.1) is 0 Å². The third-order valence-corrected chi connectivity index (χ3v) is 6.70. The molecule has 0 aromatic heterocycles. The van der Waals surface area contributed by atoms with Crippen molar-refractivity contribution in [2.45, 2.75) is 84.5 Å². The molecular formula is C29H38F2O3. The van der Waals surface area contributed by atoms with Crippen LogP contribution in [0.25, 0.3) is 11.1 Å². The van der Waals surface area contributed by atoms with Crippen molar-refractivity contribution < 1.29 is 23.0 Å². The van der Waals surface area contributed by atoms with Crippen LogP contribution in [-0.2, 0) is 4.79 Å². The first-order chi connectivity index (χ1) is 16.5. The van der Waals surface area contributed by atoms with E-state index >= 15 is 0 Å². The fourth-order valence-corrected chi connectivity index (χ4v) is 4.47. The summed E-state index contributed by atoms with van der Waals surface area (Å²) in [7, 11) is 0. The van der Waals surface area contributed by atoms with Crippen LogP contribution in [0.1, 0.15) is 84.5 Å². The minimum Gasteiger partial charge on any atom is -0.491 e. The highest BCUT2D eigenvalue weighted by molar-refractivity contribution is 5.76. The number of unbranched alkanes of at least 4 members (excludes halogenated alkanes) is 6. The maximum atomic E-state index is 14.6. The van der Waals surface area contributed by atoms with Crippen molar-refractivity contribution in [3.05, 3.63) is 48.0 Å². The number of esters is 1. The van der Waals surface area contributed by atoms with E-state index in [4.69, 9.17) is 9.47 Å². The number of benzene rings is 2. The van der Waals surface area contributed by atoms with Gasteiger partial charge in [-0.05, 0) is 60.6 Å². The molecule has 0 N–H and O–H groups in total. The molecule has 3 rings (SSSR count). The maximum absolute atomic E-state index is 14.6. The first kappa shape index (κ1) is 26.2. The molecule has 0 aliphatic heterocycles. The number of carbonyl (C=O) groups excluding carboxylic acids is 1. The van der Waals surface area contributed by atoms with Crippen LogP contribution in [0.4, 0.5) is 8.78 Å². The van der Waals surface area contributed by atoms with Gasteiger partial charge < -0.3 is 9.47 Å². The van der Waals surface area contributed by atoms with Crippen molar-refractivity contribution >= 4 is 5.97 Å². The molecular weight excluding hydrogens is 434 g/mol. The Hall–Kier alpha value is -2.43. The average molecular weight is 473 g/mol. The van der Waals surface area contributed by atoms with Crippen LogP contribution in [0, 0.1) is 23.5 Å². The molecule has 0 unspecified atom stereocenters. The van der Waals surface area contributed by atoms with E-state index in [1.807, 2.05) is 0 Å². The zero-order valence-electron chi connectivity index (χ0n) is 20.6. The summed E-state index contributed by atoms with van der Waals surface area (Å²) in [6.45, 7) is 4.83. The molecule has 3 nitrogen and oxygen atoms in total. The maximum Gasteiger partial charge on any atom is 0.314 e. The van der Waals surface area contributed by atoms with Gasteiger partial charge in [0.1, 0.15) is 0 Å². The van der Waals surface area contributed by atoms with Gasteiger partial charge in [-0.25, -0.2) is 8.78 Å². The molecule has 0 spiro atoms. The largest absolute Gasteiger partial charge is 0.491 e. The number of carbonyl (C=O) groups is 1. The van der Waals surface area contributed by atoms with E-state index < -0.39 is 11.6 Å². The van der Waals surface area contributed by atoms with Gasteiger partial charge in [0, 0.05) is 0 Å². The van der Waals surface area contributed by atoms with Crippen molar-refractivity contribution in [2.75, 3.05) is 6.61 Å². The second kappa shape index (κ2) is 13.5. The van der Waals surface area contributed by atoms with Crippen LogP contribution in [0.2, 0.25) is 0 Å². The molecule has 0 saturated heterocycles. The van der Waals surface area contributed by atoms with E-state index in [1.54, 1.807) is 18.2 Å². The summed E-state index contributed by atoms with van der Waals surface area (Å²) in [5.41, 5.74) is 1.06. The number of rotatable bonds is 14. The van der Waals surface area contributed by atoms with Crippen LogP contribution >= 0.6 is 0 Å². The first-order valence-corrected chi connectivity index (χ1v) is 13.0. The molecule has 0 atom stereocenters. The lowest BCUT2D eigenvalue weighted by molar-refractivity contribution is -0.143. The van der Waals surface area contributed by atoms with E-state index in [1.165, 1.54) is 50.3 Å². The Labute approximate surface area is 202 Å². The Kier molecular flexibility index (Phi) is 10.4. The first-order valence-electron chi connectivity index (χ1n) is 13.0. The average Bonchev–Trinajstić information content (AvgIpc) is 2.79. The molecule has 34 heavy (non-hydrogen) atoms. The molecule has 2 aromatic carbocycles. The summed E-state index contributed by atoms with van der Waals surface area (Å²) in [6, 6.07) is 9.00. The van der Waals surface area contributed by atoms with Gasteiger partial charge in [0.15, 0.2) is 23.1 Å². The molecule has 1 saturated carbocycles. The van der Waals surface area contributed by atoms with E-state index in [0.717, 1.165) is 38.5 Å². The van der Waals surface area contributed by atoms with Gasteiger partial charge in [-0.2, -0.15) is 0 Å². The number of hydrogen-bond donors (Lipinski definition) is 0. The summed E-state index contributed by atoms with van der Waals surface area (Å²) >= 11 is 0. The Morgan fingerprint density at radius 1 is 0.824 bits per heavy atom. The van der Waals surface area contributed by atoms with Crippen molar-refractivity contribution in [1.82, 2.24) is 0 Å². The zero-order chi connectivity index (χ0) is 24.3. The van der Waals surface area contributed by atoms with Gasteiger partial charge >= 0.3 is 5.97 Å². The Morgan fingerprint density at radius 2 is 1.41 bits per heavy atom. The second-order valence-corrected chi connectivity index (χ2v) is 9.50. The van der Waals surface area contributed by atoms with Crippen LogP contribution in [0.15, 0.2) is 36.4 Å². The number of halogens is 2. The summed E-state index contributed by atoms with van der Waals surface area (Å²) < 4.78 is 40.0. The number of ether oxygens (including phenoxy) is 2. The highest BCUT2D eigenvalue weighted by Gasteiger charge is 2.35. The highest BCUT2D eigenvalue weighted by atomic mass is 19.1. The highest BCUT2D eigenvalue weighted by Crippen LogP contribution is 2.38. The van der Waals surface area contributed by atoms with Gasteiger partial charge in [0.2, 0.25) is 0 Å². The third-order valence-electron chi connectivity index (χ3n) is 6.70. The standard InChI is InChI=1S/C29H38F2O3/c1-3-5-7-8-9-10-16-33-27-14-12-22(19-25(27)30)23-13-15-28(26(31)20-23)34-29(32)24-17-21(18-24)11-6-4-2/h12-15,19-21,24H,3-11,16-18H2,1-2H3. The molecule has 0 bridgehead atoms. The molecule has 1 aliphatic carbocycles. The Balaban J connectivity index is 1.50. The second-order valence-electron chi connectivity index (χ2n) is 9.50. The fraction of sp³-hybridized carbons (Fsp3) is 0.552. The van der Waals surface area contributed by atoms with Crippen molar-refractivity contribution in [3.63, 3.8) is 0 Å². The van der Waals surface area contributed by atoms with E-state index in [0.29, 0.717) is 23.7 Å². The Bertz CT molecular complexity index is 922. The summed E-state index contributed by atoms with van der Waals surface area (Å²) in [5, 5.41) is 0. The van der Waals surface area contributed by atoms with Crippen LogP contribution in [0.3, 0.4) is 0 Å². The van der Waals surface area contributed by atoms with Gasteiger partial charge in [0.25, 0.3) is 0 Å². The van der Waals surface area contributed by atoms with Crippen molar-refractivity contribution in [3.8, 4) is 22.6 Å². The van der Waals surface area contributed by atoms with Crippen molar-refractivity contribution in [2.24, 2.45) is 11.8 Å². The molecule has 0 amide bonds. The molecule has 1 aliphatic rings. The monoisotopic (exact) mass is 472 g/mol. The van der Waals surface area contributed by atoms with Crippen LogP contribution in [0.5, 0.6) is 11.5 Å². The minimum absolute atomic E-state index is 0.0786. The van der Waals surface area contributed by atoms with Crippen LogP contribution < -0.4 is 9.47 Å². The zero-order valence-corrected chi connectivity index (χ0v) is 20.6. The van der Waals surface area contributed by atoms with Gasteiger partial charge in [0.05, 0.1) is 12.5 Å². The van der Waals surface area contributed by atoms with Gasteiger partial charge in [-0.1, -0.05) is 77.3 Å². The fourth-order valence-electron chi connectivity index (χ4n) is 4.47. The van der Waals surface area contributed by atoms with E-state index in [2.05, 4.69) is 13.8 Å². The minimum atomic E-state index is -0.628. The Morgan fingerprint density at radius 3 is 2.03 bits per heavy atom. The normalized spacial score (nSPS) is 17.3. The quantitative estimate of drug-likeness (QED) is 0.157. The molecule has 186 valence electrons. The predicted octanol–water partition coefficient (Wildman–Crippen LogP) is 8.49. The number of hydrogen-bond acceptors (Lipinski definition) is 3. The smallest absolute Gasteiger partial charge is 0.314 e. The molecule has 0 heterocycles. The molecule has 5 heteroatoms. The van der Waals surface area contributed by atoms with E-state index in [9.17, 15) is 13.6 Å². The summed E-state index contributed by atoms with van der Waals surface area (Å²) in [6.07, 6.45) is 12.0. The van der Waals surface area contributed by atoms with Gasteiger partial charge in [-0.3, -0.25) is 4.79 Å². The summed E-state index contributed by atoms with van der Waals surface area (Å²) in [5.74, 6) is -0.890. The topological polar surface area (TPSA) is 35.5 Å². The lowest BCUT2D eigenvalue weighted by atomic mass is 9.72. The third kappa shape index (κ3) is 7.54. The summed E-state index contributed by atoms with van der Waals surface area (Å²) in [4.78, 5) is 12.3. The predicted molar refractivity (Wildman–Crippen MR) is 132 cm³/mol. The SMILES string of the molecule is CCCCCCCCOc1ccc(-c2ccc(OC(=O)C3CC(CCCC)C3)c(F)c2)cc1F.